The topological polar surface area (TPSA) is 103 Å². The number of nitrogens with one attached hydrogen (secondary N) is 3. The molecule has 0 spiro atoms. The summed E-state index contributed by atoms with van der Waals surface area (Å²) in [5, 5.41) is 4.41. The molecule has 1 fully saturated rings. The average Bonchev–Trinajstić information content (AvgIpc) is 3.32. The lowest BCUT2D eigenvalue weighted by molar-refractivity contribution is 0.447. The quantitative estimate of drug-likeness (QED) is 0.317. The molecule has 3 N–H and O–H groups in total. The molecule has 3 aromatic heterocycles. The van der Waals surface area contributed by atoms with Crippen LogP contribution in [0.5, 0.6) is 0 Å². The van der Waals surface area contributed by atoms with Crippen LogP contribution in [0.25, 0.3) is 33.3 Å². The normalized spacial score (nSPS) is 16.9. The van der Waals surface area contributed by atoms with E-state index >= 15 is 0 Å². The predicted octanol–water partition coefficient (Wildman–Crippen LogP) is 5.27. The van der Waals surface area contributed by atoms with Crippen molar-refractivity contribution in [3.8, 4) is 11.4 Å². The number of fused-ring (bicyclic) bond motifs is 2. The Labute approximate surface area is 208 Å². The van der Waals surface area contributed by atoms with Gasteiger partial charge in [-0.1, -0.05) is 25.1 Å². The second-order valence-corrected chi connectivity index (χ2v) is 9.70. The van der Waals surface area contributed by atoms with Crippen LogP contribution < -0.4 is 15.8 Å². The third kappa shape index (κ3) is 4.08. The van der Waals surface area contributed by atoms with Crippen molar-refractivity contribution in [2.24, 2.45) is 5.92 Å². The van der Waals surface area contributed by atoms with Crippen molar-refractivity contribution in [3.63, 3.8) is 0 Å². The molecule has 0 unspecified atom stereocenters. The highest BCUT2D eigenvalue weighted by Gasteiger charge is 2.22. The van der Waals surface area contributed by atoms with Gasteiger partial charge in [0.05, 0.1) is 28.3 Å². The van der Waals surface area contributed by atoms with Crippen LogP contribution in [0.1, 0.15) is 38.6 Å². The molecule has 36 heavy (non-hydrogen) atoms. The van der Waals surface area contributed by atoms with Crippen LogP contribution in [0.4, 0.5) is 11.4 Å². The Morgan fingerprint density at radius 2 is 1.89 bits per heavy atom. The van der Waals surface area contributed by atoms with E-state index in [1.165, 1.54) is 18.5 Å². The molecular weight excluding hydrogens is 450 g/mol. The van der Waals surface area contributed by atoms with E-state index < -0.39 is 0 Å². The van der Waals surface area contributed by atoms with E-state index in [0.29, 0.717) is 28.8 Å². The fraction of sp³-hybridized carbons (Fsp3) is 0.286. The van der Waals surface area contributed by atoms with E-state index in [4.69, 9.17) is 4.98 Å². The van der Waals surface area contributed by atoms with Crippen molar-refractivity contribution >= 4 is 33.3 Å². The van der Waals surface area contributed by atoms with Crippen LogP contribution >= 0.6 is 0 Å². The van der Waals surface area contributed by atoms with Crippen LogP contribution in [0.3, 0.4) is 0 Å². The number of aromatic nitrogens is 5. The molecule has 8 heteroatoms. The number of nitrogens with zero attached hydrogens (tertiary/aromatic N) is 4. The van der Waals surface area contributed by atoms with Gasteiger partial charge in [-0.15, -0.1) is 0 Å². The molecule has 8 nitrogen and oxygen atoms in total. The van der Waals surface area contributed by atoms with Gasteiger partial charge in [0.1, 0.15) is 17.2 Å². The first-order chi connectivity index (χ1) is 17.6. The molecule has 0 radical (unpaired) electrons. The van der Waals surface area contributed by atoms with Crippen LogP contribution in [0.15, 0.2) is 65.7 Å². The maximum atomic E-state index is 13.4. The van der Waals surface area contributed by atoms with E-state index in [-0.39, 0.29) is 11.6 Å². The Balaban J connectivity index is 1.46. The molecule has 1 aliphatic heterocycles. The first kappa shape index (κ1) is 22.3. The Hall–Kier alpha value is -4.20. The monoisotopic (exact) mass is 479 g/mol. The minimum absolute atomic E-state index is 0.207. The highest BCUT2D eigenvalue weighted by atomic mass is 16.1. The molecule has 4 heterocycles. The molecule has 1 saturated heterocycles. The second-order valence-electron chi connectivity index (χ2n) is 9.70. The van der Waals surface area contributed by atoms with Crippen LogP contribution in [-0.4, -0.2) is 38.0 Å². The van der Waals surface area contributed by atoms with Crippen molar-refractivity contribution in [3.05, 3.63) is 77.1 Å². The van der Waals surface area contributed by atoms with Gasteiger partial charge in [0.25, 0.3) is 5.56 Å². The minimum atomic E-state index is -0.216. The SMILES string of the molecule is C[C@@H]1CCCN(c2ccc3nc(-c4c(N[C@@H](C)c5ncccn5)c5ccccc5[nH]c4=O)[nH]c3c2)C1. The van der Waals surface area contributed by atoms with Gasteiger partial charge in [-0.05, 0) is 56.0 Å². The van der Waals surface area contributed by atoms with Gasteiger partial charge in [-0.25, -0.2) is 15.0 Å². The number of pyridine rings is 1. The number of imidazole rings is 1. The summed E-state index contributed by atoms with van der Waals surface area (Å²) in [6.45, 7) is 6.42. The highest BCUT2D eigenvalue weighted by Crippen LogP contribution is 2.34. The number of para-hydroxylation sites is 1. The third-order valence-corrected chi connectivity index (χ3v) is 6.98. The molecule has 182 valence electrons. The van der Waals surface area contributed by atoms with Gasteiger partial charge in [0.2, 0.25) is 0 Å². The van der Waals surface area contributed by atoms with E-state index in [1.54, 1.807) is 18.5 Å². The number of hydrogen-bond donors (Lipinski definition) is 3. The summed E-state index contributed by atoms with van der Waals surface area (Å²) in [5.74, 6) is 1.87. The minimum Gasteiger partial charge on any atom is -0.374 e. The van der Waals surface area contributed by atoms with E-state index in [0.717, 1.165) is 35.0 Å². The fourth-order valence-corrected chi connectivity index (χ4v) is 5.17. The van der Waals surface area contributed by atoms with Gasteiger partial charge < -0.3 is 20.2 Å². The van der Waals surface area contributed by atoms with Crippen LogP contribution in [0.2, 0.25) is 0 Å². The number of H-pyrrole nitrogens is 2. The summed E-state index contributed by atoms with van der Waals surface area (Å²) in [7, 11) is 0. The second kappa shape index (κ2) is 9.11. The maximum Gasteiger partial charge on any atom is 0.261 e. The van der Waals surface area contributed by atoms with Crippen molar-refractivity contribution in [2.45, 2.75) is 32.7 Å². The van der Waals surface area contributed by atoms with Gasteiger partial charge in [-0.2, -0.15) is 0 Å². The molecule has 0 saturated carbocycles. The molecule has 2 aromatic carbocycles. The first-order valence-corrected chi connectivity index (χ1v) is 12.5. The predicted molar refractivity (Wildman–Crippen MR) is 144 cm³/mol. The van der Waals surface area contributed by atoms with Gasteiger partial charge in [-0.3, -0.25) is 4.79 Å². The molecule has 5 aromatic rings. The van der Waals surface area contributed by atoms with Crippen molar-refractivity contribution in [1.29, 1.82) is 0 Å². The molecule has 0 bridgehead atoms. The fourth-order valence-electron chi connectivity index (χ4n) is 5.17. The zero-order chi connectivity index (χ0) is 24.6. The van der Waals surface area contributed by atoms with Crippen molar-refractivity contribution in [2.75, 3.05) is 23.3 Å². The van der Waals surface area contributed by atoms with Crippen molar-refractivity contribution in [1.82, 2.24) is 24.9 Å². The largest absolute Gasteiger partial charge is 0.374 e. The number of piperidine rings is 1. The van der Waals surface area contributed by atoms with Crippen LogP contribution in [0, 0.1) is 5.92 Å². The number of anilines is 2. The van der Waals surface area contributed by atoms with Crippen LogP contribution in [-0.2, 0) is 0 Å². The van der Waals surface area contributed by atoms with E-state index in [1.807, 2.05) is 37.3 Å². The Morgan fingerprint density at radius 3 is 2.72 bits per heavy atom. The molecule has 2 atom stereocenters. The molecule has 6 rings (SSSR count). The number of hydrogen-bond acceptors (Lipinski definition) is 6. The smallest absolute Gasteiger partial charge is 0.261 e. The van der Waals surface area contributed by atoms with Gasteiger partial charge in [0.15, 0.2) is 0 Å². The maximum absolute atomic E-state index is 13.4. The molecule has 1 aliphatic rings. The Morgan fingerprint density at radius 1 is 1.06 bits per heavy atom. The molecule has 0 aliphatic carbocycles. The Bertz CT molecular complexity index is 1590. The number of benzene rings is 2. The number of rotatable bonds is 5. The van der Waals surface area contributed by atoms with Crippen molar-refractivity contribution < 1.29 is 0 Å². The zero-order valence-electron chi connectivity index (χ0n) is 20.5. The summed E-state index contributed by atoms with van der Waals surface area (Å²) < 4.78 is 0. The number of aromatic amines is 2. The zero-order valence-corrected chi connectivity index (χ0v) is 20.5. The van der Waals surface area contributed by atoms with Gasteiger partial charge in [0, 0.05) is 36.6 Å². The molecule has 0 amide bonds. The summed E-state index contributed by atoms with van der Waals surface area (Å²) in [6, 6.07) is 15.7. The lowest BCUT2D eigenvalue weighted by Gasteiger charge is -2.32. The summed E-state index contributed by atoms with van der Waals surface area (Å²) in [4.78, 5) is 35.9. The highest BCUT2D eigenvalue weighted by molar-refractivity contribution is 5.99. The lowest BCUT2D eigenvalue weighted by Crippen LogP contribution is -2.34. The lowest BCUT2D eigenvalue weighted by atomic mass is 10.00. The summed E-state index contributed by atoms with van der Waals surface area (Å²) in [6.07, 6.45) is 5.92. The first-order valence-electron chi connectivity index (χ1n) is 12.5. The summed E-state index contributed by atoms with van der Waals surface area (Å²) in [5.41, 5.74) is 4.66. The molecular formula is C28H29N7O. The van der Waals surface area contributed by atoms with Gasteiger partial charge >= 0.3 is 0 Å². The summed E-state index contributed by atoms with van der Waals surface area (Å²) >= 11 is 0. The average molecular weight is 480 g/mol. The Kier molecular flexibility index (Phi) is 5.64. The standard InChI is InChI=1S/C28H29N7O/c1-17-7-5-14-35(16-17)19-10-11-22-23(15-19)33-27(32-22)24-25(31-18(2)26-29-12-6-13-30-26)20-8-3-4-9-21(20)34-28(24)36/h3-4,6,8-13,15,17-18H,5,7,14,16H2,1-2H3,(H,32,33)(H2,31,34,36)/t17-,18+/m1/s1. The van der Waals surface area contributed by atoms with E-state index in [9.17, 15) is 4.79 Å². The third-order valence-electron chi connectivity index (χ3n) is 6.98. The van der Waals surface area contributed by atoms with E-state index in [2.05, 4.69) is 49.2 Å².